The van der Waals surface area contributed by atoms with Crippen molar-refractivity contribution in [2.24, 2.45) is 5.10 Å². The largest absolute Gasteiger partial charge is 0.462 e. The van der Waals surface area contributed by atoms with Crippen LogP contribution in [-0.4, -0.2) is 30.1 Å². The number of hydrogen-bond donors (Lipinski definition) is 2. The molecule has 8 nitrogen and oxygen atoms in total. The zero-order valence-electron chi connectivity index (χ0n) is 19.6. The fourth-order valence-corrected chi connectivity index (χ4v) is 4.44. The molecule has 0 aliphatic heterocycles. The highest BCUT2D eigenvalue weighted by Crippen LogP contribution is 2.30. The minimum Gasteiger partial charge on any atom is -0.462 e. The SMILES string of the molecule is CCOC(=O)c1ccc(NC(=O)c2oc3c(c2C)/C(=N/NC(=O)c2ccc(Cl)cc2Cl)CCC3)cc1. The first-order valence-corrected chi connectivity index (χ1v) is 12.1. The van der Waals surface area contributed by atoms with Crippen molar-refractivity contribution in [1.82, 2.24) is 5.43 Å². The Morgan fingerprint density at radius 2 is 1.81 bits per heavy atom. The van der Waals surface area contributed by atoms with Crippen molar-refractivity contribution in [2.45, 2.75) is 33.1 Å². The Morgan fingerprint density at radius 3 is 2.50 bits per heavy atom. The molecule has 0 saturated heterocycles. The number of esters is 1. The molecule has 186 valence electrons. The van der Waals surface area contributed by atoms with E-state index in [-0.39, 0.29) is 23.0 Å². The summed E-state index contributed by atoms with van der Waals surface area (Å²) in [5, 5.41) is 7.74. The van der Waals surface area contributed by atoms with Gasteiger partial charge in [-0.3, -0.25) is 9.59 Å². The van der Waals surface area contributed by atoms with E-state index < -0.39 is 17.8 Å². The second-order valence-corrected chi connectivity index (χ2v) is 8.93. The van der Waals surface area contributed by atoms with Crippen molar-refractivity contribution in [2.75, 3.05) is 11.9 Å². The Balaban J connectivity index is 1.51. The number of halogens is 2. The number of hydrogen-bond acceptors (Lipinski definition) is 6. The minimum atomic E-state index is -0.471. The summed E-state index contributed by atoms with van der Waals surface area (Å²) in [6, 6.07) is 11.0. The van der Waals surface area contributed by atoms with Crippen LogP contribution in [0.4, 0.5) is 5.69 Å². The number of aryl methyl sites for hydroxylation is 1. The molecule has 2 amide bonds. The molecule has 1 aliphatic carbocycles. The van der Waals surface area contributed by atoms with E-state index in [0.29, 0.717) is 51.7 Å². The molecule has 2 aromatic carbocycles. The van der Waals surface area contributed by atoms with Crippen LogP contribution in [0.15, 0.2) is 52.0 Å². The van der Waals surface area contributed by atoms with Crippen LogP contribution in [-0.2, 0) is 11.2 Å². The van der Waals surface area contributed by atoms with Crippen LogP contribution < -0.4 is 10.7 Å². The van der Waals surface area contributed by atoms with Gasteiger partial charge in [-0.2, -0.15) is 5.10 Å². The molecule has 3 aromatic rings. The number of nitrogens with one attached hydrogen (secondary N) is 2. The first-order chi connectivity index (χ1) is 17.3. The van der Waals surface area contributed by atoms with E-state index in [9.17, 15) is 14.4 Å². The van der Waals surface area contributed by atoms with Gasteiger partial charge in [-0.05, 0) is 69.2 Å². The third-order valence-corrected chi connectivity index (χ3v) is 6.20. The van der Waals surface area contributed by atoms with Crippen LogP contribution in [0.2, 0.25) is 10.0 Å². The zero-order chi connectivity index (χ0) is 25.8. The average Bonchev–Trinajstić information content (AvgIpc) is 3.20. The lowest BCUT2D eigenvalue weighted by Crippen LogP contribution is -2.22. The molecule has 1 heterocycles. The second-order valence-electron chi connectivity index (χ2n) is 8.08. The number of fused-ring (bicyclic) bond motifs is 1. The monoisotopic (exact) mass is 527 g/mol. The summed E-state index contributed by atoms with van der Waals surface area (Å²) >= 11 is 12.0. The molecular weight excluding hydrogens is 505 g/mol. The quantitative estimate of drug-likeness (QED) is 0.311. The van der Waals surface area contributed by atoms with Crippen LogP contribution in [0, 0.1) is 6.92 Å². The van der Waals surface area contributed by atoms with Gasteiger partial charge in [-0.15, -0.1) is 0 Å². The molecule has 2 N–H and O–H groups in total. The van der Waals surface area contributed by atoms with Gasteiger partial charge in [-0.1, -0.05) is 23.2 Å². The van der Waals surface area contributed by atoms with Gasteiger partial charge in [0.05, 0.1) is 28.5 Å². The van der Waals surface area contributed by atoms with E-state index in [4.69, 9.17) is 32.4 Å². The van der Waals surface area contributed by atoms with Gasteiger partial charge in [0.2, 0.25) is 0 Å². The third kappa shape index (κ3) is 5.45. The number of carbonyl (C=O) groups is 3. The van der Waals surface area contributed by atoms with Gasteiger partial charge in [0.25, 0.3) is 11.8 Å². The summed E-state index contributed by atoms with van der Waals surface area (Å²) < 4.78 is 10.9. The van der Waals surface area contributed by atoms with E-state index in [1.807, 2.05) is 0 Å². The standard InChI is InChI=1S/C26H23Cl2N3O5/c1-3-35-26(34)15-7-10-17(11-8-15)29-25(33)23-14(2)22-20(5-4-6-21(22)36-23)30-31-24(32)18-12-9-16(27)13-19(18)28/h7-13H,3-6H2,1-2H3,(H,29,33)(H,31,32)/b30-20+. The van der Waals surface area contributed by atoms with Gasteiger partial charge in [0.1, 0.15) is 5.76 Å². The first kappa shape index (κ1) is 25.5. The minimum absolute atomic E-state index is 0.163. The summed E-state index contributed by atoms with van der Waals surface area (Å²) in [5.41, 5.74) is 5.64. The van der Waals surface area contributed by atoms with Crippen molar-refractivity contribution in [3.8, 4) is 0 Å². The molecule has 4 rings (SSSR count). The summed E-state index contributed by atoms with van der Waals surface area (Å²) in [6.45, 7) is 3.79. The molecule has 0 bridgehead atoms. The number of carbonyl (C=O) groups excluding carboxylic acids is 3. The maximum Gasteiger partial charge on any atom is 0.338 e. The molecule has 0 saturated carbocycles. The van der Waals surface area contributed by atoms with E-state index in [1.165, 1.54) is 12.1 Å². The predicted molar refractivity (Wildman–Crippen MR) is 137 cm³/mol. The molecule has 0 atom stereocenters. The summed E-state index contributed by atoms with van der Waals surface area (Å²) in [4.78, 5) is 37.4. The fourth-order valence-electron chi connectivity index (χ4n) is 3.94. The van der Waals surface area contributed by atoms with Crippen molar-refractivity contribution >= 4 is 52.4 Å². The van der Waals surface area contributed by atoms with Crippen LogP contribution in [0.5, 0.6) is 0 Å². The Kier molecular flexibility index (Phi) is 7.76. The van der Waals surface area contributed by atoms with Crippen molar-refractivity contribution in [3.63, 3.8) is 0 Å². The van der Waals surface area contributed by atoms with Crippen LogP contribution >= 0.6 is 23.2 Å². The Bertz CT molecular complexity index is 1360. The number of benzene rings is 2. The van der Waals surface area contributed by atoms with E-state index in [0.717, 1.165) is 6.42 Å². The molecule has 1 aliphatic rings. The van der Waals surface area contributed by atoms with Gasteiger partial charge < -0.3 is 14.5 Å². The molecule has 1 aromatic heterocycles. The third-order valence-electron chi connectivity index (χ3n) is 5.65. The molecular formula is C26H23Cl2N3O5. The Hall–Kier alpha value is -3.62. The second kappa shape index (κ2) is 11.0. The summed E-state index contributed by atoms with van der Waals surface area (Å²) in [5.74, 6) is -0.527. The molecule has 10 heteroatoms. The summed E-state index contributed by atoms with van der Waals surface area (Å²) in [6.07, 6.45) is 2.01. The lowest BCUT2D eigenvalue weighted by Gasteiger charge is -2.13. The zero-order valence-corrected chi connectivity index (χ0v) is 21.1. The lowest BCUT2D eigenvalue weighted by atomic mass is 9.93. The van der Waals surface area contributed by atoms with Gasteiger partial charge >= 0.3 is 5.97 Å². The highest BCUT2D eigenvalue weighted by Gasteiger charge is 2.28. The normalized spacial score (nSPS) is 13.7. The van der Waals surface area contributed by atoms with Gasteiger partial charge in [0, 0.05) is 28.3 Å². The lowest BCUT2D eigenvalue weighted by molar-refractivity contribution is 0.0526. The fraction of sp³-hybridized carbons (Fsp3) is 0.231. The van der Waals surface area contributed by atoms with Crippen LogP contribution in [0.3, 0.4) is 0 Å². The van der Waals surface area contributed by atoms with Crippen LogP contribution in [0.25, 0.3) is 0 Å². The van der Waals surface area contributed by atoms with E-state index in [2.05, 4.69) is 15.8 Å². The van der Waals surface area contributed by atoms with E-state index in [1.54, 1.807) is 44.2 Å². The van der Waals surface area contributed by atoms with Gasteiger partial charge in [-0.25, -0.2) is 10.2 Å². The molecule has 36 heavy (non-hydrogen) atoms. The number of ether oxygens (including phenoxy) is 1. The number of rotatable bonds is 6. The number of furan rings is 1. The number of hydrazone groups is 1. The highest BCUT2D eigenvalue weighted by atomic mass is 35.5. The van der Waals surface area contributed by atoms with E-state index >= 15 is 0 Å². The number of nitrogens with zero attached hydrogens (tertiary/aromatic N) is 1. The predicted octanol–water partition coefficient (Wildman–Crippen LogP) is 5.79. The molecule has 0 fully saturated rings. The van der Waals surface area contributed by atoms with Crippen molar-refractivity contribution < 1.29 is 23.5 Å². The Labute approximate surface area is 217 Å². The first-order valence-electron chi connectivity index (χ1n) is 11.3. The average molecular weight is 528 g/mol. The van der Waals surface area contributed by atoms with Crippen LogP contribution in [0.1, 0.15) is 67.9 Å². The van der Waals surface area contributed by atoms with Crippen molar-refractivity contribution in [3.05, 3.63) is 86.3 Å². The van der Waals surface area contributed by atoms with Crippen molar-refractivity contribution in [1.29, 1.82) is 0 Å². The molecule has 0 spiro atoms. The number of amides is 2. The highest BCUT2D eigenvalue weighted by molar-refractivity contribution is 6.36. The number of anilines is 1. The smallest absolute Gasteiger partial charge is 0.338 e. The maximum atomic E-state index is 13.0. The Morgan fingerprint density at radius 1 is 1.06 bits per heavy atom. The summed E-state index contributed by atoms with van der Waals surface area (Å²) in [7, 11) is 0. The topological polar surface area (TPSA) is 110 Å². The maximum absolute atomic E-state index is 13.0. The van der Waals surface area contributed by atoms with Gasteiger partial charge in [0.15, 0.2) is 5.76 Å². The molecule has 0 unspecified atom stereocenters. The molecule has 0 radical (unpaired) electrons.